The van der Waals surface area contributed by atoms with Crippen molar-refractivity contribution in [2.75, 3.05) is 19.8 Å². The molecule has 0 bridgehead atoms. The predicted octanol–water partition coefficient (Wildman–Crippen LogP) is 1.07. The molecule has 1 unspecified atom stereocenters. The highest BCUT2D eigenvalue weighted by atomic mass is 28.4. The molecule has 0 aromatic rings. The van der Waals surface area contributed by atoms with Gasteiger partial charge in [-0.15, -0.1) is 0 Å². The van der Waals surface area contributed by atoms with Gasteiger partial charge in [0.15, 0.2) is 0 Å². The highest BCUT2D eigenvalue weighted by Gasteiger charge is 2.49. The van der Waals surface area contributed by atoms with Crippen molar-refractivity contribution in [3.8, 4) is 0 Å². The molecule has 1 atom stereocenters. The fraction of sp³-hybridized carbons (Fsp3) is 1.00. The van der Waals surface area contributed by atoms with Crippen LogP contribution in [0.5, 0.6) is 0 Å². The van der Waals surface area contributed by atoms with E-state index in [1.54, 1.807) is 0 Å². The Kier molecular flexibility index (Phi) is 3.06. The van der Waals surface area contributed by atoms with Crippen molar-refractivity contribution >= 4 is 8.56 Å². The van der Waals surface area contributed by atoms with Crippen LogP contribution in [-0.2, 0) is 13.6 Å². The summed E-state index contributed by atoms with van der Waals surface area (Å²) in [6.07, 6.45) is 0. The third-order valence-electron chi connectivity index (χ3n) is 1.78. The third kappa shape index (κ3) is 2.26. The molecule has 1 heterocycles. The second-order valence-corrected chi connectivity index (χ2v) is 5.96. The van der Waals surface area contributed by atoms with Gasteiger partial charge in [-0.2, -0.15) is 0 Å². The Labute approximate surface area is 68.9 Å². The Bertz CT molecular complexity index is 119. The quantitative estimate of drug-likeness (QED) is 0.464. The first-order chi connectivity index (χ1) is 5.23. The van der Waals surface area contributed by atoms with Gasteiger partial charge in [-0.3, -0.25) is 0 Å². The van der Waals surface area contributed by atoms with Crippen LogP contribution < -0.4 is 0 Å². The normalized spacial score (nSPS) is 23.7. The van der Waals surface area contributed by atoms with Crippen molar-refractivity contribution in [1.82, 2.24) is 0 Å². The maximum atomic E-state index is 5.59. The lowest BCUT2D eigenvalue weighted by Gasteiger charge is -2.23. The first kappa shape index (κ1) is 9.19. The molecule has 0 aliphatic carbocycles. The molecule has 1 fully saturated rings. The van der Waals surface area contributed by atoms with E-state index in [0.717, 1.165) is 19.8 Å². The van der Waals surface area contributed by atoms with Gasteiger partial charge in [-0.1, -0.05) is 0 Å². The number of hydrogen-bond donors (Lipinski definition) is 0. The average molecular weight is 176 g/mol. The van der Waals surface area contributed by atoms with Gasteiger partial charge in [-0.05, 0) is 20.4 Å². The van der Waals surface area contributed by atoms with Crippen LogP contribution in [0.3, 0.4) is 0 Å². The van der Waals surface area contributed by atoms with Gasteiger partial charge in [0, 0.05) is 13.2 Å². The highest BCUT2D eigenvalue weighted by Crippen LogP contribution is 2.24. The molecule has 0 radical (unpaired) electrons. The number of hydrogen-bond acceptors (Lipinski definition) is 3. The largest absolute Gasteiger partial charge is 0.393 e. The summed E-state index contributed by atoms with van der Waals surface area (Å²) in [4.78, 5) is 0. The van der Waals surface area contributed by atoms with E-state index in [0.29, 0.717) is 0 Å². The molecule has 0 N–H and O–H groups in total. The molecule has 11 heavy (non-hydrogen) atoms. The summed E-state index contributed by atoms with van der Waals surface area (Å²) in [6, 6.07) is 0. The van der Waals surface area contributed by atoms with Crippen LogP contribution in [0.25, 0.3) is 0 Å². The van der Waals surface area contributed by atoms with E-state index >= 15 is 0 Å². The maximum Gasteiger partial charge on any atom is 0.367 e. The summed E-state index contributed by atoms with van der Waals surface area (Å²) in [5.41, 5.74) is 0.280. The van der Waals surface area contributed by atoms with Crippen molar-refractivity contribution in [2.45, 2.75) is 26.1 Å². The molecular weight excluding hydrogens is 160 g/mol. The summed E-state index contributed by atoms with van der Waals surface area (Å²) in [5.74, 6) is 0. The molecule has 0 saturated carbocycles. The molecule has 66 valence electrons. The molecule has 0 aromatic carbocycles. The van der Waals surface area contributed by atoms with Crippen molar-refractivity contribution in [1.29, 1.82) is 0 Å². The predicted molar refractivity (Wildman–Crippen MR) is 44.6 cm³/mol. The molecule has 1 aliphatic rings. The minimum Gasteiger partial charge on any atom is -0.393 e. The lowest BCUT2D eigenvalue weighted by Crippen LogP contribution is -2.45. The second kappa shape index (κ2) is 3.67. The number of epoxide rings is 1. The van der Waals surface area contributed by atoms with Crippen LogP contribution in [0.2, 0.25) is 6.55 Å². The summed E-state index contributed by atoms with van der Waals surface area (Å²) >= 11 is 0. The fourth-order valence-electron chi connectivity index (χ4n) is 1.15. The zero-order chi connectivity index (χ0) is 8.32. The first-order valence-corrected chi connectivity index (χ1v) is 6.51. The maximum absolute atomic E-state index is 5.59. The minimum absolute atomic E-state index is 0.280. The lowest BCUT2D eigenvalue weighted by atomic mass is 10.9. The Morgan fingerprint density at radius 2 is 1.82 bits per heavy atom. The fourth-order valence-corrected chi connectivity index (χ4v) is 3.45. The van der Waals surface area contributed by atoms with Gasteiger partial charge in [-0.25, -0.2) is 0 Å². The van der Waals surface area contributed by atoms with Crippen molar-refractivity contribution in [2.24, 2.45) is 0 Å². The van der Waals surface area contributed by atoms with Gasteiger partial charge < -0.3 is 13.6 Å². The Hall–Kier alpha value is 0.0969. The van der Waals surface area contributed by atoms with Crippen molar-refractivity contribution < 1.29 is 13.6 Å². The van der Waals surface area contributed by atoms with Crippen LogP contribution in [0.1, 0.15) is 13.8 Å². The summed E-state index contributed by atoms with van der Waals surface area (Å²) in [5, 5.41) is 0. The zero-order valence-corrected chi connectivity index (χ0v) is 8.42. The Morgan fingerprint density at radius 1 is 1.36 bits per heavy atom. The van der Waals surface area contributed by atoms with Crippen molar-refractivity contribution in [3.05, 3.63) is 0 Å². The topological polar surface area (TPSA) is 31.0 Å². The third-order valence-corrected chi connectivity index (χ3v) is 5.01. The first-order valence-electron chi connectivity index (χ1n) is 4.12. The van der Waals surface area contributed by atoms with Crippen LogP contribution in [-0.4, -0.2) is 34.1 Å². The van der Waals surface area contributed by atoms with Gasteiger partial charge in [0.05, 0.1) is 6.61 Å². The Morgan fingerprint density at radius 3 is 2.09 bits per heavy atom. The van der Waals surface area contributed by atoms with Crippen LogP contribution in [0, 0.1) is 0 Å². The SMILES string of the molecule is CCO[Si](C)(OCC)C1CO1. The van der Waals surface area contributed by atoms with E-state index in [-0.39, 0.29) is 5.73 Å². The van der Waals surface area contributed by atoms with E-state index in [2.05, 4.69) is 6.55 Å². The molecule has 0 amide bonds. The van der Waals surface area contributed by atoms with E-state index < -0.39 is 8.56 Å². The van der Waals surface area contributed by atoms with Gasteiger partial charge in [0.25, 0.3) is 0 Å². The van der Waals surface area contributed by atoms with Gasteiger partial charge in [0.2, 0.25) is 0 Å². The molecule has 1 saturated heterocycles. The molecule has 1 aliphatic heterocycles. The number of rotatable bonds is 5. The van der Waals surface area contributed by atoms with Gasteiger partial charge >= 0.3 is 8.56 Å². The van der Waals surface area contributed by atoms with Gasteiger partial charge in [0.1, 0.15) is 5.73 Å². The monoisotopic (exact) mass is 176 g/mol. The van der Waals surface area contributed by atoms with Crippen LogP contribution >= 0.6 is 0 Å². The highest BCUT2D eigenvalue weighted by molar-refractivity contribution is 6.68. The van der Waals surface area contributed by atoms with Crippen LogP contribution in [0.15, 0.2) is 0 Å². The van der Waals surface area contributed by atoms with E-state index in [4.69, 9.17) is 13.6 Å². The van der Waals surface area contributed by atoms with E-state index in [1.165, 1.54) is 0 Å². The van der Waals surface area contributed by atoms with E-state index in [1.807, 2.05) is 13.8 Å². The molecule has 1 rings (SSSR count). The number of ether oxygens (including phenoxy) is 1. The lowest BCUT2D eigenvalue weighted by molar-refractivity contribution is 0.176. The second-order valence-electron chi connectivity index (χ2n) is 2.70. The summed E-state index contributed by atoms with van der Waals surface area (Å²) < 4.78 is 16.4. The molecular formula is C7H16O3Si. The molecule has 0 spiro atoms. The van der Waals surface area contributed by atoms with Crippen LogP contribution in [0.4, 0.5) is 0 Å². The Balaban J connectivity index is 2.39. The van der Waals surface area contributed by atoms with E-state index in [9.17, 15) is 0 Å². The molecule has 3 nitrogen and oxygen atoms in total. The smallest absolute Gasteiger partial charge is 0.367 e. The zero-order valence-electron chi connectivity index (χ0n) is 7.42. The minimum atomic E-state index is -1.94. The molecule has 4 heteroatoms. The van der Waals surface area contributed by atoms with Crippen molar-refractivity contribution in [3.63, 3.8) is 0 Å². The summed E-state index contributed by atoms with van der Waals surface area (Å²) in [7, 11) is -1.94. The molecule has 0 aromatic heterocycles. The average Bonchev–Trinajstić information content (AvgIpc) is 2.68. The summed E-state index contributed by atoms with van der Waals surface area (Å²) in [6.45, 7) is 8.32. The standard InChI is InChI=1S/C7H16O3Si/c1-4-9-11(3,10-5-2)7-6-8-7/h7H,4-6H2,1-3H3.